The fourth-order valence-corrected chi connectivity index (χ4v) is 4.68. The molecular weight excluding hydrogens is 420 g/mol. The Hall–Kier alpha value is -3.04. The van der Waals surface area contributed by atoms with Gasteiger partial charge in [0.05, 0.1) is 11.1 Å². The Balaban J connectivity index is 1.50. The Morgan fingerprint density at radius 2 is 1.97 bits per heavy atom. The molecule has 7 nitrogen and oxygen atoms in total. The van der Waals surface area contributed by atoms with E-state index in [2.05, 4.69) is 15.4 Å². The van der Waals surface area contributed by atoms with Crippen LogP contribution in [0.4, 0.5) is 0 Å². The third kappa shape index (κ3) is 4.12. The fourth-order valence-electron chi connectivity index (χ4n) is 2.89. The SMILES string of the molecule is CCc1cc2c(=O)n(NC(=O)c3sc(COc4ccc(C)cc4)nc3C)cnc2s1. The lowest BCUT2D eigenvalue weighted by Gasteiger charge is -2.06. The quantitative estimate of drug-likeness (QED) is 0.489. The smallest absolute Gasteiger partial charge is 0.282 e. The van der Waals surface area contributed by atoms with Gasteiger partial charge in [-0.25, -0.2) is 14.6 Å². The summed E-state index contributed by atoms with van der Waals surface area (Å²) in [4.78, 5) is 36.3. The van der Waals surface area contributed by atoms with Crippen LogP contribution in [0.5, 0.6) is 5.75 Å². The lowest BCUT2D eigenvalue weighted by Crippen LogP contribution is -2.32. The van der Waals surface area contributed by atoms with Gasteiger partial charge in [-0.05, 0) is 38.5 Å². The van der Waals surface area contributed by atoms with E-state index in [0.717, 1.165) is 27.3 Å². The van der Waals surface area contributed by atoms with E-state index in [1.807, 2.05) is 44.2 Å². The first kappa shape index (κ1) is 20.2. The highest BCUT2D eigenvalue weighted by molar-refractivity contribution is 7.18. The van der Waals surface area contributed by atoms with Crippen molar-refractivity contribution in [1.82, 2.24) is 14.6 Å². The fraction of sp³-hybridized carbons (Fsp3) is 0.238. The molecule has 4 rings (SSSR count). The zero-order valence-electron chi connectivity index (χ0n) is 16.8. The Bertz CT molecular complexity index is 1270. The number of benzene rings is 1. The summed E-state index contributed by atoms with van der Waals surface area (Å²) in [6.07, 6.45) is 2.18. The minimum atomic E-state index is -0.402. The highest BCUT2D eigenvalue weighted by Gasteiger charge is 2.17. The molecule has 0 aliphatic carbocycles. The molecule has 1 N–H and O–H groups in total. The van der Waals surface area contributed by atoms with Crippen molar-refractivity contribution >= 4 is 38.8 Å². The van der Waals surface area contributed by atoms with Crippen molar-refractivity contribution in [3.63, 3.8) is 0 Å². The van der Waals surface area contributed by atoms with E-state index in [4.69, 9.17) is 4.74 Å². The minimum absolute atomic E-state index is 0.268. The molecular formula is C21H20N4O3S2. The van der Waals surface area contributed by atoms with Crippen molar-refractivity contribution in [2.24, 2.45) is 0 Å². The van der Waals surface area contributed by atoms with Gasteiger partial charge in [0.15, 0.2) is 0 Å². The standard InChI is InChI=1S/C21H20N4O3S2/c1-4-15-9-16-20(29-15)22-11-25(21(16)27)24-19(26)18-13(3)23-17(30-18)10-28-14-7-5-12(2)6-8-14/h5-9,11H,4,10H2,1-3H3,(H,24,26). The molecule has 9 heteroatoms. The topological polar surface area (TPSA) is 86.1 Å². The van der Waals surface area contributed by atoms with Crippen molar-refractivity contribution in [2.45, 2.75) is 33.8 Å². The molecule has 0 unspecified atom stereocenters. The Labute approximate surface area is 181 Å². The van der Waals surface area contributed by atoms with Crippen LogP contribution in [-0.2, 0) is 13.0 Å². The number of aryl methyl sites for hydroxylation is 3. The van der Waals surface area contributed by atoms with Crippen LogP contribution in [0.1, 0.15) is 37.7 Å². The number of amides is 1. The van der Waals surface area contributed by atoms with Crippen LogP contribution in [0, 0.1) is 13.8 Å². The van der Waals surface area contributed by atoms with Gasteiger partial charge >= 0.3 is 0 Å². The number of nitrogens with zero attached hydrogens (tertiary/aromatic N) is 3. The summed E-state index contributed by atoms with van der Waals surface area (Å²) in [7, 11) is 0. The van der Waals surface area contributed by atoms with Gasteiger partial charge in [-0.1, -0.05) is 24.6 Å². The molecule has 3 heterocycles. The van der Waals surface area contributed by atoms with E-state index in [1.54, 1.807) is 6.92 Å². The Morgan fingerprint density at radius 3 is 2.70 bits per heavy atom. The molecule has 0 atom stereocenters. The van der Waals surface area contributed by atoms with E-state index in [0.29, 0.717) is 25.8 Å². The number of thiazole rings is 1. The maximum atomic E-state index is 12.7. The van der Waals surface area contributed by atoms with E-state index in [1.165, 1.54) is 29.0 Å². The molecule has 0 saturated carbocycles. The first-order chi connectivity index (χ1) is 14.4. The number of carbonyl (C=O) groups is 1. The van der Waals surface area contributed by atoms with E-state index in [-0.39, 0.29) is 12.2 Å². The summed E-state index contributed by atoms with van der Waals surface area (Å²) in [6, 6.07) is 9.57. The van der Waals surface area contributed by atoms with Crippen molar-refractivity contribution in [1.29, 1.82) is 0 Å². The molecule has 0 aliphatic rings. The number of aromatic nitrogens is 3. The third-order valence-electron chi connectivity index (χ3n) is 4.50. The monoisotopic (exact) mass is 440 g/mol. The second kappa shape index (κ2) is 8.37. The average molecular weight is 441 g/mol. The van der Waals surface area contributed by atoms with Gasteiger partial charge in [0.25, 0.3) is 11.5 Å². The molecule has 154 valence electrons. The molecule has 0 fully saturated rings. The molecule has 1 amide bonds. The summed E-state index contributed by atoms with van der Waals surface area (Å²) in [5, 5.41) is 1.19. The number of hydrogen-bond donors (Lipinski definition) is 1. The van der Waals surface area contributed by atoms with Crippen molar-refractivity contribution in [3.8, 4) is 5.75 Å². The predicted octanol–water partition coefficient (Wildman–Crippen LogP) is 4.06. The second-order valence-corrected chi connectivity index (χ2v) is 8.97. The number of fused-ring (bicyclic) bond motifs is 1. The number of hydrogen-bond acceptors (Lipinski definition) is 7. The molecule has 30 heavy (non-hydrogen) atoms. The zero-order valence-corrected chi connectivity index (χ0v) is 18.4. The third-order valence-corrected chi connectivity index (χ3v) is 6.82. The Morgan fingerprint density at radius 1 is 1.20 bits per heavy atom. The van der Waals surface area contributed by atoms with Crippen LogP contribution in [0.25, 0.3) is 10.2 Å². The summed E-state index contributed by atoms with van der Waals surface area (Å²) in [5.74, 6) is 0.341. The highest BCUT2D eigenvalue weighted by atomic mass is 32.1. The molecule has 0 saturated heterocycles. The van der Waals surface area contributed by atoms with Gasteiger partial charge in [0.2, 0.25) is 0 Å². The van der Waals surface area contributed by atoms with Crippen molar-refractivity contribution < 1.29 is 9.53 Å². The van der Waals surface area contributed by atoms with Gasteiger partial charge in [-0.15, -0.1) is 22.7 Å². The van der Waals surface area contributed by atoms with Crippen LogP contribution in [0.3, 0.4) is 0 Å². The predicted molar refractivity (Wildman–Crippen MR) is 119 cm³/mol. The van der Waals surface area contributed by atoms with Gasteiger partial charge < -0.3 is 4.74 Å². The summed E-state index contributed by atoms with van der Waals surface area (Å²) in [5.41, 5.74) is 4.06. The summed E-state index contributed by atoms with van der Waals surface area (Å²) < 4.78 is 6.87. The number of ether oxygens (including phenoxy) is 1. The number of nitrogens with one attached hydrogen (secondary N) is 1. The molecule has 0 aliphatic heterocycles. The van der Waals surface area contributed by atoms with Crippen LogP contribution in [0.2, 0.25) is 0 Å². The zero-order chi connectivity index (χ0) is 21.3. The maximum Gasteiger partial charge on any atom is 0.282 e. The maximum absolute atomic E-state index is 12.7. The largest absolute Gasteiger partial charge is 0.486 e. The second-order valence-electron chi connectivity index (χ2n) is 6.77. The first-order valence-electron chi connectivity index (χ1n) is 9.41. The minimum Gasteiger partial charge on any atom is -0.486 e. The molecule has 0 radical (unpaired) electrons. The molecule has 0 spiro atoms. The summed E-state index contributed by atoms with van der Waals surface area (Å²) >= 11 is 2.73. The highest BCUT2D eigenvalue weighted by Crippen LogP contribution is 2.22. The average Bonchev–Trinajstić information content (AvgIpc) is 3.33. The van der Waals surface area contributed by atoms with Gasteiger partial charge in [-0.3, -0.25) is 15.0 Å². The van der Waals surface area contributed by atoms with Crippen LogP contribution >= 0.6 is 22.7 Å². The van der Waals surface area contributed by atoms with Crippen LogP contribution in [-0.4, -0.2) is 20.6 Å². The molecule has 0 bridgehead atoms. The lowest BCUT2D eigenvalue weighted by molar-refractivity contribution is 0.101. The van der Waals surface area contributed by atoms with Gasteiger partial charge in [0, 0.05) is 4.88 Å². The van der Waals surface area contributed by atoms with E-state index in [9.17, 15) is 9.59 Å². The Kier molecular flexibility index (Phi) is 5.65. The van der Waals surface area contributed by atoms with Crippen LogP contribution in [0.15, 0.2) is 41.5 Å². The first-order valence-corrected chi connectivity index (χ1v) is 11.0. The van der Waals surface area contributed by atoms with Gasteiger partial charge in [0.1, 0.15) is 33.4 Å². The summed E-state index contributed by atoms with van der Waals surface area (Å²) in [6.45, 7) is 6.07. The van der Waals surface area contributed by atoms with Crippen molar-refractivity contribution in [3.05, 3.63) is 73.0 Å². The normalized spacial score (nSPS) is 11.0. The molecule has 1 aromatic carbocycles. The van der Waals surface area contributed by atoms with Crippen LogP contribution < -0.4 is 15.7 Å². The molecule has 3 aromatic heterocycles. The molecule has 4 aromatic rings. The van der Waals surface area contributed by atoms with Crippen molar-refractivity contribution in [2.75, 3.05) is 5.43 Å². The van der Waals surface area contributed by atoms with E-state index >= 15 is 0 Å². The number of thiophene rings is 1. The lowest BCUT2D eigenvalue weighted by atomic mass is 10.2. The number of rotatable bonds is 6. The van der Waals surface area contributed by atoms with Gasteiger partial charge in [-0.2, -0.15) is 0 Å². The number of carbonyl (C=O) groups excluding carboxylic acids is 1. The van der Waals surface area contributed by atoms with E-state index < -0.39 is 5.91 Å².